The molecular weight excluding hydrogens is 252 g/mol. The molecule has 0 nitrogen and oxygen atoms in total. The maximum atomic E-state index is 3.00. The smallest absolute Gasteiger partial charge is 0.00802 e. The molecule has 0 radical (unpaired) electrons. The molecule has 2 fully saturated rings. The van der Waals surface area contributed by atoms with Crippen LogP contribution < -0.4 is 0 Å². The second-order valence-corrected chi connectivity index (χ2v) is 8.34. The SMILES string of the molecule is C=C.CC[C@@]1(C)CCC[C@@]2(C)C3=CC[C@@H](C)CC3CCC12. The first kappa shape index (κ1) is 16.8. The van der Waals surface area contributed by atoms with Crippen molar-refractivity contribution < 1.29 is 0 Å². The molecule has 0 aliphatic heterocycles. The van der Waals surface area contributed by atoms with Gasteiger partial charge in [0.25, 0.3) is 0 Å². The topological polar surface area (TPSA) is 0 Å². The molecule has 0 heteroatoms. The van der Waals surface area contributed by atoms with E-state index in [4.69, 9.17) is 0 Å². The van der Waals surface area contributed by atoms with Crippen molar-refractivity contribution >= 4 is 0 Å². The van der Waals surface area contributed by atoms with E-state index in [1.54, 1.807) is 0 Å². The zero-order chi connectivity index (χ0) is 15.7. The van der Waals surface area contributed by atoms with Gasteiger partial charge in [0.15, 0.2) is 0 Å². The minimum atomic E-state index is 0.548. The lowest BCUT2D eigenvalue weighted by Crippen LogP contribution is -2.49. The van der Waals surface area contributed by atoms with E-state index in [-0.39, 0.29) is 0 Å². The summed E-state index contributed by atoms with van der Waals surface area (Å²) in [7, 11) is 0. The second-order valence-electron chi connectivity index (χ2n) is 8.34. The Morgan fingerprint density at radius 2 is 1.90 bits per heavy atom. The van der Waals surface area contributed by atoms with Crippen molar-refractivity contribution in [1.29, 1.82) is 0 Å². The van der Waals surface area contributed by atoms with Crippen molar-refractivity contribution in [3.05, 3.63) is 24.8 Å². The molecule has 0 aromatic carbocycles. The molecule has 0 aromatic rings. The molecule has 0 heterocycles. The van der Waals surface area contributed by atoms with Crippen LogP contribution in [0.4, 0.5) is 0 Å². The average Bonchev–Trinajstić information content (AvgIpc) is 2.48. The highest BCUT2D eigenvalue weighted by molar-refractivity contribution is 5.26. The normalized spacial score (nSPS) is 45.5. The van der Waals surface area contributed by atoms with Crippen LogP contribution in [0.25, 0.3) is 0 Å². The fourth-order valence-electron chi connectivity index (χ4n) is 5.96. The predicted octanol–water partition coefficient (Wildman–Crippen LogP) is 6.78. The van der Waals surface area contributed by atoms with Gasteiger partial charge in [0, 0.05) is 0 Å². The third kappa shape index (κ3) is 2.76. The van der Waals surface area contributed by atoms with Crippen LogP contribution in [-0.2, 0) is 0 Å². The molecule has 0 saturated heterocycles. The Hall–Kier alpha value is -0.520. The lowest BCUT2D eigenvalue weighted by atomic mass is 9.46. The van der Waals surface area contributed by atoms with E-state index in [9.17, 15) is 0 Å². The summed E-state index contributed by atoms with van der Waals surface area (Å²) in [6.07, 6.45) is 14.2. The van der Waals surface area contributed by atoms with Gasteiger partial charge in [-0.15, -0.1) is 13.2 Å². The van der Waals surface area contributed by atoms with Crippen molar-refractivity contribution in [2.45, 2.75) is 79.1 Å². The molecule has 3 aliphatic rings. The van der Waals surface area contributed by atoms with Gasteiger partial charge in [-0.1, -0.05) is 52.2 Å². The van der Waals surface area contributed by atoms with Crippen LogP contribution in [0.5, 0.6) is 0 Å². The Morgan fingerprint density at radius 3 is 2.57 bits per heavy atom. The van der Waals surface area contributed by atoms with Gasteiger partial charge in [0.05, 0.1) is 0 Å². The summed E-state index contributed by atoms with van der Waals surface area (Å²) >= 11 is 0. The zero-order valence-electron chi connectivity index (χ0n) is 14.9. The van der Waals surface area contributed by atoms with Crippen LogP contribution in [0.3, 0.4) is 0 Å². The van der Waals surface area contributed by atoms with Crippen molar-refractivity contribution in [2.24, 2.45) is 28.6 Å². The number of rotatable bonds is 1. The maximum Gasteiger partial charge on any atom is -0.00802 e. The first-order chi connectivity index (χ1) is 9.99. The van der Waals surface area contributed by atoms with Crippen LogP contribution in [-0.4, -0.2) is 0 Å². The Labute approximate surface area is 133 Å². The monoisotopic (exact) mass is 288 g/mol. The third-order valence-electron chi connectivity index (χ3n) is 7.19. The van der Waals surface area contributed by atoms with Gasteiger partial charge in [-0.3, -0.25) is 0 Å². The molecule has 3 aliphatic carbocycles. The molecule has 5 atom stereocenters. The summed E-state index contributed by atoms with van der Waals surface area (Å²) in [6.45, 7) is 16.1. The van der Waals surface area contributed by atoms with Crippen LogP contribution in [0, 0.1) is 28.6 Å². The molecule has 120 valence electrons. The minimum absolute atomic E-state index is 0.548. The zero-order valence-corrected chi connectivity index (χ0v) is 14.9. The van der Waals surface area contributed by atoms with Gasteiger partial charge in [0.2, 0.25) is 0 Å². The summed E-state index contributed by atoms with van der Waals surface area (Å²) in [6, 6.07) is 0. The number of hydrogen-bond acceptors (Lipinski definition) is 0. The van der Waals surface area contributed by atoms with Gasteiger partial charge >= 0.3 is 0 Å². The largest absolute Gasteiger partial charge is 0.106 e. The molecule has 21 heavy (non-hydrogen) atoms. The fraction of sp³-hybridized carbons (Fsp3) is 0.810. The third-order valence-corrected chi connectivity index (χ3v) is 7.19. The molecular formula is C21H36. The predicted molar refractivity (Wildman–Crippen MR) is 94.3 cm³/mol. The first-order valence-electron chi connectivity index (χ1n) is 9.20. The van der Waals surface area contributed by atoms with Gasteiger partial charge < -0.3 is 0 Å². The molecule has 0 aromatic heterocycles. The Bertz CT molecular complexity index is 393. The van der Waals surface area contributed by atoms with E-state index in [0.717, 1.165) is 17.8 Å². The average molecular weight is 289 g/mol. The molecule has 0 amide bonds. The van der Waals surface area contributed by atoms with Crippen LogP contribution in [0.1, 0.15) is 79.1 Å². The first-order valence-corrected chi connectivity index (χ1v) is 9.20. The van der Waals surface area contributed by atoms with E-state index < -0.39 is 0 Å². The van der Waals surface area contributed by atoms with Gasteiger partial charge in [-0.2, -0.15) is 0 Å². The lowest BCUT2D eigenvalue weighted by molar-refractivity contribution is -0.0264. The summed E-state index contributed by atoms with van der Waals surface area (Å²) < 4.78 is 0. The van der Waals surface area contributed by atoms with Crippen LogP contribution >= 0.6 is 0 Å². The number of allylic oxidation sites excluding steroid dienone is 2. The Kier molecular flexibility index (Phi) is 5.06. The highest BCUT2D eigenvalue weighted by Gasteiger charge is 2.53. The molecule has 3 rings (SSSR count). The van der Waals surface area contributed by atoms with E-state index in [2.05, 4.69) is 46.9 Å². The summed E-state index contributed by atoms with van der Waals surface area (Å²) in [5, 5.41) is 0. The van der Waals surface area contributed by atoms with E-state index in [1.165, 1.54) is 51.4 Å². The fourth-order valence-corrected chi connectivity index (χ4v) is 5.96. The lowest BCUT2D eigenvalue weighted by Gasteiger charge is -2.58. The maximum absolute atomic E-state index is 3.00. The molecule has 0 spiro atoms. The summed E-state index contributed by atoms with van der Waals surface area (Å²) in [5.74, 6) is 2.81. The Morgan fingerprint density at radius 1 is 1.19 bits per heavy atom. The van der Waals surface area contributed by atoms with Crippen LogP contribution in [0.2, 0.25) is 0 Å². The van der Waals surface area contributed by atoms with Crippen molar-refractivity contribution in [3.63, 3.8) is 0 Å². The second kappa shape index (κ2) is 6.31. The van der Waals surface area contributed by atoms with E-state index >= 15 is 0 Å². The van der Waals surface area contributed by atoms with Crippen molar-refractivity contribution in [1.82, 2.24) is 0 Å². The molecule has 0 bridgehead atoms. The van der Waals surface area contributed by atoms with Gasteiger partial charge in [-0.05, 0) is 67.1 Å². The molecule has 2 unspecified atom stereocenters. The molecule has 2 saturated carbocycles. The van der Waals surface area contributed by atoms with Crippen LogP contribution in [0.15, 0.2) is 24.8 Å². The number of fused-ring (bicyclic) bond motifs is 3. The van der Waals surface area contributed by atoms with Crippen molar-refractivity contribution in [2.75, 3.05) is 0 Å². The number of hydrogen-bond donors (Lipinski definition) is 0. The summed E-state index contributed by atoms with van der Waals surface area (Å²) in [4.78, 5) is 0. The van der Waals surface area contributed by atoms with E-state index in [1.807, 2.05) is 5.57 Å². The Balaban J connectivity index is 0.000000774. The quantitative estimate of drug-likeness (QED) is 0.467. The highest BCUT2D eigenvalue weighted by Crippen LogP contribution is 2.63. The minimum Gasteiger partial charge on any atom is -0.106 e. The van der Waals surface area contributed by atoms with Crippen molar-refractivity contribution in [3.8, 4) is 0 Å². The molecule has 0 N–H and O–H groups in total. The van der Waals surface area contributed by atoms with Gasteiger partial charge in [-0.25, -0.2) is 0 Å². The highest BCUT2D eigenvalue weighted by atomic mass is 14.6. The van der Waals surface area contributed by atoms with Gasteiger partial charge in [0.1, 0.15) is 0 Å². The van der Waals surface area contributed by atoms with E-state index in [0.29, 0.717) is 10.8 Å². The summed E-state index contributed by atoms with van der Waals surface area (Å²) in [5.41, 5.74) is 3.05. The standard InChI is InChI=1S/C19H32.C2H4/c1-5-18(3)11-6-12-19(4)16-9-7-14(2)13-15(16)8-10-17(18)19;1-2/h9,14-15,17H,5-8,10-13H2,1-4H3;1-2H2/t14-,15?,17?,18+,19+;/m1./s1.